The SMILES string of the molecule is C=CC(=O)NC1CCCCC1Nc1ncc2c(n1)N(C1CC1)C(=O)N(c1c(Cl)c(OC)cc(OC)c1Cl)C2. The highest BCUT2D eigenvalue weighted by Gasteiger charge is 2.43. The van der Waals surface area contributed by atoms with E-state index in [1.54, 1.807) is 17.2 Å². The van der Waals surface area contributed by atoms with E-state index in [1.807, 2.05) is 0 Å². The molecule has 2 saturated carbocycles. The summed E-state index contributed by atoms with van der Waals surface area (Å²) in [5, 5.41) is 6.84. The number of carbonyl (C=O) groups excluding carboxylic acids is 2. The van der Waals surface area contributed by atoms with Crippen LogP contribution in [0.1, 0.15) is 44.1 Å². The van der Waals surface area contributed by atoms with Crippen LogP contribution in [0.2, 0.25) is 10.0 Å². The third-order valence-electron chi connectivity index (χ3n) is 7.16. The van der Waals surface area contributed by atoms with Crippen molar-refractivity contribution in [1.29, 1.82) is 0 Å². The van der Waals surface area contributed by atoms with Gasteiger partial charge in [-0.25, -0.2) is 9.78 Å². The maximum absolute atomic E-state index is 13.9. The van der Waals surface area contributed by atoms with Crippen LogP contribution >= 0.6 is 23.2 Å². The lowest BCUT2D eigenvalue weighted by molar-refractivity contribution is -0.117. The Morgan fingerprint density at radius 2 is 1.76 bits per heavy atom. The van der Waals surface area contributed by atoms with Crippen LogP contribution in [0.3, 0.4) is 0 Å². The summed E-state index contributed by atoms with van der Waals surface area (Å²) in [5.41, 5.74) is 1.08. The number of aromatic nitrogens is 2. The summed E-state index contributed by atoms with van der Waals surface area (Å²) in [4.78, 5) is 38.4. The summed E-state index contributed by atoms with van der Waals surface area (Å²) in [6, 6.07) is 1.24. The molecule has 2 heterocycles. The molecule has 2 atom stereocenters. The number of benzene rings is 1. The summed E-state index contributed by atoms with van der Waals surface area (Å²) in [5.74, 6) is 1.48. The van der Waals surface area contributed by atoms with E-state index in [0.717, 1.165) is 44.1 Å². The topological polar surface area (TPSA) is 109 Å². The zero-order valence-corrected chi connectivity index (χ0v) is 22.8. The van der Waals surface area contributed by atoms with Gasteiger partial charge >= 0.3 is 6.03 Å². The van der Waals surface area contributed by atoms with E-state index in [9.17, 15) is 9.59 Å². The average molecular weight is 561 g/mol. The second-order valence-corrected chi connectivity index (χ2v) is 10.4. The molecule has 1 aromatic carbocycles. The number of halogens is 2. The van der Waals surface area contributed by atoms with Gasteiger partial charge < -0.3 is 20.1 Å². The quantitative estimate of drug-likeness (QED) is 0.440. The number of hydrogen-bond acceptors (Lipinski definition) is 7. The molecule has 0 spiro atoms. The predicted molar refractivity (Wildman–Crippen MR) is 147 cm³/mol. The normalized spacial score (nSPS) is 21.0. The van der Waals surface area contributed by atoms with Gasteiger partial charge in [-0.3, -0.25) is 14.6 Å². The van der Waals surface area contributed by atoms with E-state index < -0.39 is 0 Å². The van der Waals surface area contributed by atoms with Crippen molar-refractivity contribution in [3.63, 3.8) is 0 Å². The number of carbonyl (C=O) groups is 2. The molecule has 3 amide bonds. The van der Waals surface area contributed by atoms with Gasteiger partial charge in [0, 0.05) is 36.0 Å². The van der Waals surface area contributed by atoms with Crippen LogP contribution in [-0.2, 0) is 11.3 Å². The number of nitrogens with one attached hydrogen (secondary N) is 2. The minimum absolute atomic E-state index is 0.0196. The van der Waals surface area contributed by atoms with Gasteiger partial charge in [-0.05, 0) is 31.8 Å². The van der Waals surface area contributed by atoms with E-state index in [-0.39, 0.29) is 46.7 Å². The van der Waals surface area contributed by atoms with Gasteiger partial charge in [-0.2, -0.15) is 4.98 Å². The van der Waals surface area contributed by atoms with E-state index in [4.69, 9.17) is 37.7 Å². The molecule has 2 fully saturated rings. The summed E-state index contributed by atoms with van der Waals surface area (Å²) >= 11 is 13.3. The lowest BCUT2D eigenvalue weighted by atomic mass is 9.90. The highest BCUT2D eigenvalue weighted by molar-refractivity contribution is 6.42. The van der Waals surface area contributed by atoms with Crippen molar-refractivity contribution < 1.29 is 19.1 Å². The number of nitrogens with zero attached hydrogens (tertiary/aromatic N) is 4. The minimum Gasteiger partial charge on any atom is -0.495 e. The van der Waals surface area contributed by atoms with Crippen LogP contribution in [0.15, 0.2) is 24.9 Å². The summed E-state index contributed by atoms with van der Waals surface area (Å²) < 4.78 is 10.8. The standard InChI is InChI=1S/C26H30Cl2N6O4/c1-4-20(35)30-16-7-5-6-8-17(16)31-25-29-12-14-13-33(26(36)34(15-9-10-15)24(14)32-25)23-21(27)18(37-2)11-19(38-3)22(23)28/h4,11-12,15-17H,1,5-10,13H2,2-3H3,(H,30,35)(H,29,31,32). The molecule has 0 radical (unpaired) electrons. The first-order chi connectivity index (χ1) is 18.4. The summed E-state index contributed by atoms with van der Waals surface area (Å²) in [6.07, 6.45) is 8.54. The smallest absolute Gasteiger partial charge is 0.330 e. The van der Waals surface area contributed by atoms with Crippen LogP contribution in [0.25, 0.3) is 0 Å². The molecule has 3 aliphatic rings. The molecule has 0 bridgehead atoms. The molecule has 2 aliphatic carbocycles. The van der Waals surface area contributed by atoms with Gasteiger partial charge in [0.25, 0.3) is 0 Å². The van der Waals surface area contributed by atoms with Gasteiger partial charge in [-0.15, -0.1) is 0 Å². The highest BCUT2D eigenvalue weighted by Crippen LogP contribution is 2.49. The lowest BCUT2D eigenvalue weighted by Crippen LogP contribution is -2.50. The molecule has 1 aliphatic heterocycles. The van der Waals surface area contributed by atoms with Crippen molar-refractivity contribution in [2.45, 2.75) is 63.2 Å². The third kappa shape index (κ3) is 4.94. The predicted octanol–water partition coefficient (Wildman–Crippen LogP) is 4.93. The zero-order valence-electron chi connectivity index (χ0n) is 21.3. The molecule has 12 heteroatoms. The van der Waals surface area contributed by atoms with Crippen molar-refractivity contribution in [3.05, 3.63) is 40.5 Å². The number of amides is 3. The highest BCUT2D eigenvalue weighted by atomic mass is 35.5. The van der Waals surface area contributed by atoms with Crippen molar-refractivity contribution >= 4 is 52.6 Å². The van der Waals surface area contributed by atoms with Gasteiger partial charge in [0.1, 0.15) is 27.4 Å². The Morgan fingerprint density at radius 3 is 2.37 bits per heavy atom. The summed E-state index contributed by atoms with van der Waals surface area (Å²) in [6.45, 7) is 3.73. The lowest BCUT2D eigenvalue weighted by Gasteiger charge is -2.37. The van der Waals surface area contributed by atoms with Gasteiger partial charge in [-0.1, -0.05) is 42.6 Å². The Morgan fingerprint density at radius 1 is 1.11 bits per heavy atom. The van der Waals surface area contributed by atoms with Crippen molar-refractivity contribution in [3.8, 4) is 11.5 Å². The average Bonchev–Trinajstić information content (AvgIpc) is 3.75. The van der Waals surface area contributed by atoms with Crippen LogP contribution in [-0.4, -0.2) is 54.3 Å². The Bertz CT molecular complexity index is 1240. The van der Waals surface area contributed by atoms with Crippen molar-refractivity contribution in [1.82, 2.24) is 15.3 Å². The Hall–Kier alpha value is -3.24. The molecular formula is C26H30Cl2N6O4. The van der Waals surface area contributed by atoms with Crippen LogP contribution in [0, 0.1) is 0 Å². The number of anilines is 3. The molecule has 5 rings (SSSR count). The second kappa shape index (κ2) is 10.9. The molecule has 2 N–H and O–H groups in total. The number of urea groups is 1. The fraction of sp³-hybridized carbons (Fsp3) is 0.462. The zero-order chi connectivity index (χ0) is 27.0. The fourth-order valence-electron chi connectivity index (χ4n) is 5.08. The maximum atomic E-state index is 13.9. The molecule has 2 unspecified atom stereocenters. The number of rotatable bonds is 8. The summed E-state index contributed by atoms with van der Waals surface area (Å²) in [7, 11) is 2.98. The minimum atomic E-state index is -0.280. The molecular weight excluding hydrogens is 531 g/mol. The van der Waals surface area contributed by atoms with Crippen molar-refractivity contribution in [2.24, 2.45) is 0 Å². The van der Waals surface area contributed by atoms with Gasteiger partial charge in [0.2, 0.25) is 11.9 Å². The van der Waals surface area contributed by atoms with E-state index in [1.165, 1.54) is 25.2 Å². The Kier molecular flexibility index (Phi) is 7.54. The Balaban J connectivity index is 1.48. The first-order valence-corrected chi connectivity index (χ1v) is 13.4. The number of hydrogen-bond donors (Lipinski definition) is 2. The first-order valence-electron chi connectivity index (χ1n) is 12.6. The van der Waals surface area contributed by atoms with Gasteiger partial charge in [0.05, 0.1) is 26.5 Å². The first kappa shape index (κ1) is 26.4. The monoisotopic (exact) mass is 560 g/mol. The molecule has 38 heavy (non-hydrogen) atoms. The second-order valence-electron chi connectivity index (χ2n) is 9.62. The number of ether oxygens (including phenoxy) is 2. The van der Waals surface area contributed by atoms with Crippen molar-refractivity contribution in [2.75, 3.05) is 29.3 Å². The van der Waals surface area contributed by atoms with Gasteiger partial charge in [0.15, 0.2) is 0 Å². The van der Waals surface area contributed by atoms with Crippen LogP contribution < -0.4 is 29.9 Å². The third-order valence-corrected chi connectivity index (χ3v) is 7.89. The fourth-order valence-corrected chi connectivity index (χ4v) is 5.78. The molecule has 2 aromatic rings. The van der Waals surface area contributed by atoms with E-state index in [2.05, 4.69) is 22.2 Å². The largest absolute Gasteiger partial charge is 0.495 e. The van der Waals surface area contributed by atoms with Crippen LogP contribution in [0.4, 0.5) is 22.2 Å². The Labute approximate surface area is 231 Å². The molecule has 202 valence electrons. The molecule has 10 nitrogen and oxygen atoms in total. The van der Waals surface area contributed by atoms with Crippen LogP contribution in [0.5, 0.6) is 11.5 Å². The number of methoxy groups -OCH3 is 2. The van der Waals surface area contributed by atoms with E-state index in [0.29, 0.717) is 29.0 Å². The maximum Gasteiger partial charge on any atom is 0.330 e. The molecule has 1 aromatic heterocycles. The molecule has 0 saturated heterocycles. The number of fused-ring (bicyclic) bond motifs is 1. The van der Waals surface area contributed by atoms with E-state index >= 15 is 0 Å².